The molecule has 90 valence electrons. The van der Waals surface area contributed by atoms with Gasteiger partial charge in [-0.3, -0.25) is 0 Å². The zero-order valence-corrected chi connectivity index (χ0v) is 10.2. The average Bonchev–Trinajstić information content (AvgIpc) is 2.57. The van der Waals surface area contributed by atoms with E-state index >= 15 is 0 Å². The highest BCUT2D eigenvalue weighted by Gasteiger charge is 2.17. The molecular formula is C14H10O3S. The SMILES string of the molecule is O=C(O)c1ccc2c(c1)-c1ccccc1CSO2. The number of carboxylic acid groups (broad SMARTS) is 1. The van der Waals surface area contributed by atoms with Crippen LogP contribution in [0, 0.1) is 0 Å². The lowest BCUT2D eigenvalue weighted by molar-refractivity contribution is 0.0697. The molecule has 3 rings (SSSR count). The van der Waals surface area contributed by atoms with E-state index in [1.54, 1.807) is 18.2 Å². The Morgan fingerprint density at radius 2 is 2.00 bits per heavy atom. The number of carbonyl (C=O) groups is 1. The molecule has 1 aliphatic heterocycles. The summed E-state index contributed by atoms with van der Waals surface area (Å²) in [5.74, 6) is 0.551. The van der Waals surface area contributed by atoms with Crippen molar-refractivity contribution in [2.45, 2.75) is 5.75 Å². The molecule has 0 saturated carbocycles. The first-order chi connectivity index (χ1) is 8.75. The highest BCUT2D eigenvalue weighted by atomic mass is 32.2. The normalized spacial score (nSPS) is 12.9. The van der Waals surface area contributed by atoms with Gasteiger partial charge in [-0.05, 0) is 29.3 Å². The predicted molar refractivity (Wildman–Crippen MR) is 70.8 cm³/mol. The molecule has 18 heavy (non-hydrogen) atoms. The molecule has 1 aliphatic rings. The van der Waals surface area contributed by atoms with E-state index in [9.17, 15) is 4.79 Å². The summed E-state index contributed by atoms with van der Waals surface area (Å²) in [6.07, 6.45) is 0. The molecule has 1 heterocycles. The number of aromatic carboxylic acids is 1. The van der Waals surface area contributed by atoms with Gasteiger partial charge in [-0.1, -0.05) is 24.3 Å². The van der Waals surface area contributed by atoms with Crippen molar-refractivity contribution < 1.29 is 14.1 Å². The first-order valence-corrected chi connectivity index (χ1v) is 6.42. The zero-order chi connectivity index (χ0) is 12.5. The van der Waals surface area contributed by atoms with Crippen molar-refractivity contribution in [1.82, 2.24) is 0 Å². The van der Waals surface area contributed by atoms with Crippen LogP contribution in [0.5, 0.6) is 5.75 Å². The van der Waals surface area contributed by atoms with Gasteiger partial charge in [0, 0.05) is 5.56 Å². The fourth-order valence-corrected chi connectivity index (χ4v) is 2.72. The topological polar surface area (TPSA) is 46.5 Å². The van der Waals surface area contributed by atoms with E-state index in [4.69, 9.17) is 9.29 Å². The molecule has 0 spiro atoms. The maximum atomic E-state index is 11.0. The van der Waals surface area contributed by atoms with Crippen molar-refractivity contribution >= 4 is 18.0 Å². The van der Waals surface area contributed by atoms with Crippen LogP contribution in [0.25, 0.3) is 11.1 Å². The first kappa shape index (κ1) is 11.2. The fourth-order valence-electron chi connectivity index (χ4n) is 2.01. The van der Waals surface area contributed by atoms with Gasteiger partial charge in [0.1, 0.15) is 5.75 Å². The second-order valence-corrected chi connectivity index (χ2v) is 4.71. The summed E-state index contributed by atoms with van der Waals surface area (Å²) in [6, 6.07) is 12.9. The Kier molecular flexibility index (Phi) is 2.72. The van der Waals surface area contributed by atoms with Crippen molar-refractivity contribution in [2.24, 2.45) is 0 Å². The third kappa shape index (κ3) is 1.84. The van der Waals surface area contributed by atoms with E-state index in [-0.39, 0.29) is 5.56 Å². The Morgan fingerprint density at radius 3 is 2.83 bits per heavy atom. The van der Waals surface area contributed by atoms with Gasteiger partial charge in [0.15, 0.2) is 0 Å². The summed E-state index contributed by atoms with van der Waals surface area (Å²) in [6.45, 7) is 0. The van der Waals surface area contributed by atoms with Gasteiger partial charge in [-0.15, -0.1) is 0 Å². The van der Waals surface area contributed by atoms with Crippen LogP contribution in [0.3, 0.4) is 0 Å². The highest BCUT2D eigenvalue weighted by Crippen LogP contribution is 2.39. The van der Waals surface area contributed by atoms with Crippen molar-refractivity contribution in [3.63, 3.8) is 0 Å². The van der Waals surface area contributed by atoms with Gasteiger partial charge in [-0.2, -0.15) is 0 Å². The number of fused-ring (bicyclic) bond motifs is 3. The van der Waals surface area contributed by atoms with E-state index < -0.39 is 5.97 Å². The number of benzene rings is 2. The minimum atomic E-state index is -0.924. The van der Waals surface area contributed by atoms with Crippen LogP contribution in [-0.4, -0.2) is 11.1 Å². The van der Waals surface area contributed by atoms with Crippen LogP contribution in [0.2, 0.25) is 0 Å². The lowest BCUT2D eigenvalue weighted by Crippen LogP contribution is -1.97. The summed E-state index contributed by atoms with van der Waals surface area (Å²) in [7, 11) is 0. The molecule has 0 bridgehead atoms. The molecule has 3 nitrogen and oxygen atoms in total. The van der Waals surface area contributed by atoms with E-state index in [1.807, 2.05) is 24.3 Å². The van der Waals surface area contributed by atoms with Gasteiger partial charge in [0.25, 0.3) is 0 Å². The van der Waals surface area contributed by atoms with Crippen molar-refractivity contribution in [3.8, 4) is 16.9 Å². The second-order valence-electron chi connectivity index (χ2n) is 4.02. The minimum absolute atomic E-state index is 0.277. The smallest absolute Gasteiger partial charge is 0.335 e. The van der Waals surface area contributed by atoms with Crippen molar-refractivity contribution in [1.29, 1.82) is 0 Å². The lowest BCUT2D eigenvalue weighted by atomic mass is 9.98. The molecule has 0 amide bonds. The molecule has 4 heteroatoms. The van der Waals surface area contributed by atoms with Crippen molar-refractivity contribution in [3.05, 3.63) is 53.6 Å². The number of rotatable bonds is 1. The highest BCUT2D eigenvalue weighted by molar-refractivity contribution is 7.94. The maximum absolute atomic E-state index is 11.0. The fraction of sp³-hybridized carbons (Fsp3) is 0.0714. The van der Waals surface area contributed by atoms with Crippen LogP contribution in [-0.2, 0) is 5.75 Å². The Labute approximate surface area is 109 Å². The van der Waals surface area contributed by atoms with Crippen LogP contribution >= 0.6 is 12.0 Å². The maximum Gasteiger partial charge on any atom is 0.335 e. The standard InChI is InChI=1S/C14H10O3S/c15-14(16)9-5-6-13-12(7-9)11-4-2-1-3-10(11)8-18-17-13/h1-7H,8H2,(H,15,16). The largest absolute Gasteiger partial charge is 0.478 e. The Bertz CT molecular complexity index is 622. The molecule has 0 saturated heterocycles. The third-order valence-electron chi connectivity index (χ3n) is 2.90. The molecule has 2 aromatic rings. The molecule has 0 aromatic heterocycles. The van der Waals surface area contributed by atoms with Crippen LogP contribution < -0.4 is 4.18 Å². The monoisotopic (exact) mass is 258 g/mol. The van der Waals surface area contributed by atoms with Crippen LogP contribution in [0.4, 0.5) is 0 Å². The molecular weight excluding hydrogens is 248 g/mol. The van der Waals surface area contributed by atoms with Crippen LogP contribution in [0.1, 0.15) is 15.9 Å². The molecule has 0 fully saturated rings. The zero-order valence-electron chi connectivity index (χ0n) is 9.42. The Morgan fingerprint density at radius 1 is 1.17 bits per heavy atom. The van der Waals surface area contributed by atoms with Gasteiger partial charge in [0.05, 0.1) is 23.4 Å². The summed E-state index contributed by atoms with van der Waals surface area (Å²) in [5.41, 5.74) is 3.32. The third-order valence-corrected chi connectivity index (χ3v) is 3.62. The van der Waals surface area contributed by atoms with E-state index in [0.717, 1.165) is 28.2 Å². The average molecular weight is 258 g/mol. The molecule has 0 radical (unpaired) electrons. The van der Waals surface area contributed by atoms with E-state index in [1.165, 1.54) is 12.0 Å². The summed E-state index contributed by atoms with van der Waals surface area (Å²) in [4.78, 5) is 11.0. The first-order valence-electron chi connectivity index (χ1n) is 5.51. The minimum Gasteiger partial charge on any atom is -0.478 e. The van der Waals surface area contributed by atoms with Gasteiger partial charge >= 0.3 is 5.97 Å². The van der Waals surface area contributed by atoms with Gasteiger partial charge in [0.2, 0.25) is 0 Å². The molecule has 0 atom stereocenters. The second kappa shape index (κ2) is 4.38. The number of carboxylic acids is 1. The Hall–Kier alpha value is -1.94. The summed E-state index contributed by atoms with van der Waals surface area (Å²) < 4.78 is 5.59. The van der Waals surface area contributed by atoms with E-state index in [0.29, 0.717) is 0 Å². The molecule has 0 aliphatic carbocycles. The van der Waals surface area contributed by atoms with E-state index in [2.05, 4.69) is 0 Å². The number of hydrogen-bond donors (Lipinski definition) is 1. The summed E-state index contributed by atoms with van der Waals surface area (Å²) >= 11 is 1.37. The summed E-state index contributed by atoms with van der Waals surface area (Å²) in [5, 5.41) is 9.06. The number of hydrogen-bond acceptors (Lipinski definition) is 3. The van der Waals surface area contributed by atoms with Crippen molar-refractivity contribution in [2.75, 3.05) is 0 Å². The van der Waals surface area contributed by atoms with Gasteiger partial charge in [-0.25, -0.2) is 4.79 Å². The lowest BCUT2D eigenvalue weighted by Gasteiger charge is -2.08. The van der Waals surface area contributed by atoms with Gasteiger partial charge < -0.3 is 9.29 Å². The molecule has 1 N–H and O–H groups in total. The molecule has 2 aromatic carbocycles. The van der Waals surface area contributed by atoms with Crippen LogP contribution in [0.15, 0.2) is 42.5 Å². The quantitative estimate of drug-likeness (QED) is 0.794. The molecule has 0 unspecified atom stereocenters. The predicted octanol–water partition coefficient (Wildman–Crippen LogP) is 3.59. The Balaban J connectivity index is 2.24.